The molecule has 1 aliphatic heterocycles. The Morgan fingerprint density at radius 3 is 2.86 bits per heavy atom. The van der Waals surface area contributed by atoms with Gasteiger partial charge in [-0.2, -0.15) is 0 Å². The number of carbonyl (C=O) groups is 2. The minimum atomic E-state index is -0.756. The third-order valence-electron chi connectivity index (χ3n) is 3.38. The minimum Gasteiger partial charge on any atom is -0.510 e. The number of aliphatic hydroxyl groups is 1. The summed E-state index contributed by atoms with van der Waals surface area (Å²) in [6.45, 7) is 1.87. The number of anilines is 1. The summed E-state index contributed by atoms with van der Waals surface area (Å²) >= 11 is 0. The smallest absolute Gasteiger partial charge is 0.286 e. The number of hydrogen-bond acceptors (Lipinski definition) is 4. The van der Waals surface area contributed by atoms with Gasteiger partial charge in [-0.05, 0) is 24.6 Å². The molecule has 1 atom stereocenters. The summed E-state index contributed by atoms with van der Waals surface area (Å²) in [4.78, 5) is 32.1. The van der Waals surface area contributed by atoms with Gasteiger partial charge in [0.1, 0.15) is 17.2 Å². The van der Waals surface area contributed by atoms with Crippen molar-refractivity contribution in [2.45, 2.75) is 6.92 Å². The summed E-state index contributed by atoms with van der Waals surface area (Å²) in [7, 11) is 0. The maximum absolute atomic E-state index is 12.2. The molecule has 3 rings (SSSR count). The molecule has 110 valence electrons. The number of aromatic nitrogens is 1. The Bertz CT molecular complexity index is 770. The summed E-state index contributed by atoms with van der Waals surface area (Å²) in [5.74, 6) is -2.02. The van der Waals surface area contributed by atoms with E-state index in [1.165, 1.54) is 0 Å². The first kappa shape index (κ1) is 13.9. The Balaban J connectivity index is 1.88. The number of carbonyl (C=O) groups excluding carboxylic acids is 2. The van der Waals surface area contributed by atoms with Crippen molar-refractivity contribution in [3.05, 3.63) is 59.5 Å². The lowest BCUT2D eigenvalue weighted by molar-refractivity contribution is -0.119. The summed E-state index contributed by atoms with van der Waals surface area (Å²) in [5, 5.41) is 12.7. The number of aryl methyl sites for hydroxylation is 1. The van der Waals surface area contributed by atoms with E-state index in [1.54, 1.807) is 42.6 Å². The Morgan fingerprint density at radius 2 is 2.14 bits per heavy atom. The summed E-state index contributed by atoms with van der Waals surface area (Å²) in [5.41, 5.74) is 1.02. The van der Waals surface area contributed by atoms with Crippen LogP contribution >= 0.6 is 0 Å². The minimum absolute atomic E-state index is 0.291. The van der Waals surface area contributed by atoms with Crippen LogP contribution in [0.1, 0.15) is 5.56 Å². The first-order chi connectivity index (χ1) is 10.6. The molecule has 2 amide bonds. The predicted molar refractivity (Wildman–Crippen MR) is 81.5 cm³/mol. The normalized spacial score (nSPS) is 19.8. The lowest BCUT2D eigenvalue weighted by atomic mass is 9.90. The second kappa shape index (κ2) is 5.40. The number of rotatable bonds is 2. The van der Waals surface area contributed by atoms with Crippen LogP contribution in [-0.2, 0) is 9.59 Å². The van der Waals surface area contributed by atoms with Gasteiger partial charge in [-0.3, -0.25) is 9.59 Å². The second-order valence-electron chi connectivity index (χ2n) is 5.00. The third kappa shape index (κ3) is 2.46. The van der Waals surface area contributed by atoms with Crippen LogP contribution in [0, 0.1) is 12.8 Å². The van der Waals surface area contributed by atoms with Gasteiger partial charge < -0.3 is 10.4 Å². The highest BCUT2D eigenvalue weighted by atomic mass is 16.3. The SMILES string of the molecule is Cc1ccc(NC(=O)C2=C(O)C3C=CC=CC3=NC2=O)nc1. The van der Waals surface area contributed by atoms with Crippen LogP contribution in [0.5, 0.6) is 0 Å². The van der Waals surface area contributed by atoms with Crippen molar-refractivity contribution in [2.75, 3.05) is 5.32 Å². The highest BCUT2D eigenvalue weighted by molar-refractivity contribution is 6.28. The van der Waals surface area contributed by atoms with E-state index >= 15 is 0 Å². The Kier molecular flexibility index (Phi) is 3.42. The van der Waals surface area contributed by atoms with Gasteiger partial charge in [0.2, 0.25) is 0 Å². The van der Waals surface area contributed by atoms with Crippen LogP contribution in [0.15, 0.2) is 59.0 Å². The number of nitrogens with zero attached hydrogens (tertiary/aromatic N) is 2. The van der Waals surface area contributed by atoms with Gasteiger partial charge in [-0.15, -0.1) is 0 Å². The lowest BCUT2D eigenvalue weighted by Crippen LogP contribution is -2.30. The quantitative estimate of drug-likeness (QED) is 0.815. The van der Waals surface area contributed by atoms with Crippen molar-refractivity contribution in [2.24, 2.45) is 10.9 Å². The molecule has 6 heteroatoms. The number of dihydropyridines is 1. The van der Waals surface area contributed by atoms with Gasteiger partial charge in [0, 0.05) is 6.20 Å². The molecule has 0 aromatic carbocycles. The molecule has 2 aliphatic rings. The van der Waals surface area contributed by atoms with Gasteiger partial charge in [-0.1, -0.05) is 24.3 Å². The van der Waals surface area contributed by atoms with E-state index in [4.69, 9.17) is 0 Å². The first-order valence-corrected chi connectivity index (χ1v) is 6.71. The highest BCUT2D eigenvalue weighted by Crippen LogP contribution is 2.26. The van der Waals surface area contributed by atoms with E-state index < -0.39 is 17.7 Å². The monoisotopic (exact) mass is 295 g/mol. The van der Waals surface area contributed by atoms with Gasteiger partial charge in [0.15, 0.2) is 0 Å². The van der Waals surface area contributed by atoms with Gasteiger partial charge in [0.05, 0.1) is 11.6 Å². The van der Waals surface area contributed by atoms with E-state index in [9.17, 15) is 14.7 Å². The topological polar surface area (TPSA) is 91.6 Å². The van der Waals surface area contributed by atoms with Gasteiger partial charge in [-0.25, -0.2) is 9.98 Å². The third-order valence-corrected chi connectivity index (χ3v) is 3.38. The maximum atomic E-state index is 12.2. The Morgan fingerprint density at radius 1 is 1.32 bits per heavy atom. The van der Waals surface area contributed by atoms with Gasteiger partial charge >= 0.3 is 0 Å². The van der Waals surface area contributed by atoms with Crippen molar-refractivity contribution in [3.8, 4) is 0 Å². The molecule has 1 unspecified atom stereocenters. The maximum Gasteiger partial charge on any atom is 0.286 e. The fourth-order valence-electron chi connectivity index (χ4n) is 2.24. The van der Waals surface area contributed by atoms with Crippen molar-refractivity contribution < 1.29 is 14.7 Å². The summed E-state index contributed by atoms with van der Waals surface area (Å²) < 4.78 is 0. The summed E-state index contributed by atoms with van der Waals surface area (Å²) in [6, 6.07) is 3.40. The number of aliphatic imine (C=N–C) groups is 1. The molecule has 0 radical (unpaired) electrons. The van der Waals surface area contributed by atoms with Crippen LogP contribution in [0.4, 0.5) is 5.82 Å². The molecule has 0 saturated carbocycles. The average molecular weight is 295 g/mol. The van der Waals surface area contributed by atoms with E-state index in [0.29, 0.717) is 11.5 Å². The summed E-state index contributed by atoms with van der Waals surface area (Å²) in [6.07, 6.45) is 8.36. The fraction of sp³-hybridized carbons (Fsp3) is 0.125. The van der Waals surface area contributed by atoms with Crippen LogP contribution in [-0.4, -0.2) is 27.6 Å². The average Bonchev–Trinajstić information content (AvgIpc) is 2.49. The Labute approximate surface area is 126 Å². The van der Waals surface area contributed by atoms with Crippen molar-refractivity contribution in [3.63, 3.8) is 0 Å². The van der Waals surface area contributed by atoms with Crippen molar-refractivity contribution in [1.82, 2.24) is 4.98 Å². The number of nitrogens with one attached hydrogen (secondary N) is 1. The molecule has 0 saturated heterocycles. The first-order valence-electron chi connectivity index (χ1n) is 6.71. The molecule has 22 heavy (non-hydrogen) atoms. The van der Waals surface area contributed by atoms with Crippen LogP contribution in [0.3, 0.4) is 0 Å². The number of allylic oxidation sites excluding steroid dienone is 4. The van der Waals surface area contributed by atoms with Crippen LogP contribution in [0.25, 0.3) is 0 Å². The van der Waals surface area contributed by atoms with Gasteiger partial charge in [0.25, 0.3) is 11.8 Å². The zero-order chi connectivity index (χ0) is 15.7. The Hall–Kier alpha value is -3.02. The predicted octanol–water partition coefficient (Wildman–Crippen LogP) is 1.86. The lowest BCUT2D eigenvalue weighted by Gasteiger charge is -2.21. The van der Waals surface area contributed by atoms with E-state index in [0.717, 1.165) is 5.56 Å². The van der Waals surface area contributed by atoms with E-state index in [-0.39, 0.29) is 11.3 Å². The molecular formula is C16H13N3O3. The molecule has 0 fully saturated rings. The van der Waals surface area contributed by atoms with E-state index in [2.05, 4.69) is 15.3 Å². The van der Waals surface area contributed by atoms with Crippen molar-refractivity contribution >= 4 is 23.3 Å². The zero-order valence-corrected chi connectivity index (χ0v) is 11.8. The molecule has 0 spiro atoms. The number of fused-ring (bicyclic) bond motifs is 1. The molecule has 1 aromatic rings. The standard InChI is InChI=1S/C16H13N3O3/c1-9-6-7-12(17-8-9)19-16(22)13-14(20)10-4-2-3-5-11(10)18-15(13)21/h2-8,10,20H,1H3,(H,17,19,22). The largest absolute Gasteiger partial charge is 0.510 e. The second-order valence-corrected chi connectivity index (χ2v) is 5.00. The zero-order valence-electron chi connectivity index (χ0n) is 11.8. The number of aliphatic hydroxyl groups excluding tert-OH is 1. The molecule has 2 N–H and O–H groups in total. The van der Waals surface area contributed by atoms with E-state index in [1.807, 2.05) is 6.92 Å². The number of pyridine rings is 1. The highest BCUT2D eigenvalue weighted by Gasteiger charge is 2.34. The molecule has 2 heterocycles. The molecule has 1 aromatic heterocycles. The number of hydrogen-bond donors (Lipinski definition) is 2. The van der Waals surface area contributed by atoms with Crippen LogP contribution < -0.4 is 5.32 Å². The molecule has 6 nitrogen and oxygen atoms in total. The van der Waals surface area contributed by atoms with Crippen LogP contribution in [0.2, 0.25) is 0 Å². The van der Waals surface area contributed by atoms with Crippen molar-refractivity contribution in [1.29, 1.82) is 0 Å². The molecule has 1 aliphatic carbocycles. The molecular weight excluding hydrogens is 282 g/mol. The molecule has 0 bridgehead atoms. The fourth-order valence-corrected chi connectivity index (χ4v) is 2.24. The number of amides is 2.